The molecule has 110 valence electrons. The topological polar surface area (TPSA) is 68.3 Å². The van der Waals surface area contributed by atoms with Crippen molar-refractivity contribution >= 4 is 34.2 Å². The van der Waals surface area contributed by atoms with E-state index in [1.807, 2.05) is 12.1 Å². The van der Waals surface area contributed by atoms with Crippen LogP contribution in [0.3, 0.4) is 0 Å². The molecule has 2 rings (SSSR count). The molecule has 0 spiro atoms. The van der Waals surface area contributed by atoms with Crippen LogP contribution in [-0.2, 0) is 9.53 Å². The van der Waals surface area contributed by atoms with Gasteiger partial charge in [-0.05, 0) is 19.2 Å². The predicted molar refractivity (Wildman–Crippen MR) is 80.3 cm³/mol. The molecule has 1 N–H and O–H groups in total. The van der Waals surface area contributed by atoms with Gasteiger partial charge >= 0.3 is 5.97 Å². The summed E-state index contributed by atoms with van der Waals surface area (Å²) in [4.78, 5) is 27.8. The van der Waals surface area contributed by atoms with Crippen molar-refractivity contribution in [2.45, 2.75) is 19.9 Å². The number of nitrogens with one attached hydrogen (secondary N) is 1. The summed E-state index contributed by atoms with van der Waals surface area (Å²) in [6, 6.07) is 6.47. The summed E-state index contributed by atoms with van der Waals surface area (Å²) >= 11 is 6.01. The van der Waals surface area contributed by atoms with Gasteiger partial charge in [0.05, 0.1) is 12.2 Å². The second-order valence-electron chi connectivity index (χ2n) is 4.46. The predicted octanol–water partition coefficient (Wildman–Crippen LogP) is 2.57. The lowest BCUT2D eigenvalue weighted by molar-refractivity contribution is -0.144. The Kier molecular flexibility index (Phi) is 4.75. The molecule has 1 aromatic carbocycles. The molecule has 0 bridgehead atoms. The monoisotopic (exact) mass is 306 g/mol. The molecular formula is C15H15ClN2O3. The molecular weight excluding hydrogens is 292 g/mol. The number of nitrogens with zero attached hydrogens (tertiary/aromatic N) is 1. The Morgan fingerprint density at radius 3 is 2.67 bits per heavy atom. The average Bonchev–Trinajstić information content (AvgIpc) is 2.48. The van der Waals surface area contributed by atoms with Gasteiger partial charge in [-0.15, -0.1) is 0 Å². The van der Waals surface area contributed by atoms with E-state index in [9.17, 15) is 9.59 Å². The van der Waals surface area contributed by atoms with Gasteiger partial charge in [0.1, 0.15) is 11.2 Å². The standard InChI is InChI=1S/C15H15ClN2O3/c1-3-21-15(20)9(2)18-14(19)12-8-17-13(16)11-7-5-4-6-10(11)12/h4-9H,3H2,1-2H3,(H,18,19). The third kappa shape index (κ3) is 3.31. The van der Waals surface area contributed by atoms with Crippen LogP contribution in [0.5, 0.6) is 0 Å². The number of aromatic nitrogens is 1. The zero-order chi connectivity index (χ0) is 15.4. The smallest absolute Gasteiger partial charge is 0.328 e. The van der Waals surface area contributed by atoms with Crippen molar-refractivity contribution in [2.24, 2.45) is 0 Å². The average molecular weight is 307 g/mol. The first kappa shape index (κ1) is 15.3. The van der Waals surface area contributed by atoms with E-state index >= 15 is 0 Å². The normalized spacial score (nSPS) is 12.0. The van der Waals surface area contributed by atoms with E-state index in [1.165, 1.54) is 6.20 Å². The Balaban J connectivity index is 2.28. The SMILES string of the molecule is CCOC(=O)C(C)NC(=O)c1cnc(Cl)c2ccccc12. The molecule has 2 aromatic rings. The maximum Gasteiger partial charge on any atom is 0.328 e. The minimum absolute atomic E-state index is 0.268. The van der Waals surface area contributed by atoms with Crippen molar-refractivity contribution in [1.82, 2.24) is 10.3 Å². The largest absolute Gasteiger partial charge is 0.464 e. The van der Waals surface area contributed by atoms with Gasteiger partial charge in [-0.2, -0.15) is 0 Å². The molecule has 0 fully saturated rings. The van der Waals surface area contributed by atoms with Crippen molar-refractivity contribution < 1.29 is 14.3 Å². The Morgan fingerprint density at radius 2 is 2.00 bits per heavy atom. The summed E-state index contributed by atoms with van der Waals surface area (Å²) < 4.78 is 4.86. The Morgan fingerprint density at radius 1 is 1.33 bits per heavy atom. The van der Waals surface area contributed by atoms with E-state index < -0.39 is 17.9 Å². The Bertz CT molecular complexity index is 688. The molecule has 0 saturated carbocycles. The van der Waals surface area contributed by atoms with Gasteiger partial charge in [0, 0.05) is 11.6 Å². The van der Waals surface area contributed by atoms with Crippen LogP contribution >= 0.6 is 11.6 Å². The molecule has 0 aliphatic carbocycles. The summed E-state index contributed by atoms with van der Waals surface area (Å²) in [6.45, 7) is 3.55. The van der Waals surface area contributed by atoms with Crippen LogP contribution in [0.25, 0.3) is 10.8 Å². The molecule has 21 heavy (non-hydrogen) atoms. The number of ether oxygens (including phenoxy) is 1. The number of carbonyl (C=O) groups is 2. The number of pyridine rings is 1. The molecule has 1 unspecified atom stereocenters. The van der Waals surface area contributed by atoms with Gasteiger partial charge in [-0.1, -0.05) is 35.9 Å². The molecule has 0 saturated heterocycles. The maximum atomic E-state index is 12.3. The lowest BCUT2D eigenvalue weighted by Crippen LogP contribution is -2.39. The fraction of sp³-hybridized carbons (Fsp3) is 0.267. The van der Waals surface area contributed by atoms with Gasteiger partial charge < -0.3 is 10.1 Å². The highest BCUT2D eigenvalue weighted by atomic mass is 35.5. The molecule has 6 heteroatoms. The number of halogens is 1. The highest BCUT2D eigenvalue weighted by molar-refractivity contribution is 6.34. The summed E-state index contributed by atoms with van der Waals surface area (Å²) in [6.07, 6.45) is 1.40. The number of benzene rings is 1. The number of esters is 1. The number of carbonyl (C=O) groups excluding carboxylic acids is 2. The van der Waals surface area contributed by atoms with Gasteiger partial charge in [-0.3, -0.25) is 4.79 Å². The van der Waals surface area contributed by atoms with Crippen molar-refractivity contribution in [3.8, 4) is 0 Å². The minimum atomic E-state index is -0.730. The van der Waals surface area contributed by atoms with E-state index in [-0.39, 0.29) is 6.61 Å². The van der Waals surface area contributed by atoms with Crippen molar-refractivity contribution in [3.05, 3.63) is 41.2 Å². The van der Waals surface area contributed by atoms with Crippen molar-refractivity contribution in [2.75, 3.05) is 6.61 Å². The zero-order valence-electron chi connectivity index (χ0n) is 11.7. The summed E-state index contributed by atoms with van der Waals surface area (Å²) in [5, 5.41) is 4.31. The maximum absolute atomic E-state index is 12.3. The first-order valence-electron chi connectivity index (χ1n) is 6.55. The van der Waals surface area contributed by atoms with Crippen LogP contribution in [0.4, 0.5) is 0 Å². The van der Waals surface area contributed by atoms with Gasteiger partial charge in [0.15, 0.2) is 0 Å². The van der Waals surface area contributed by atoms with Gasteiger partial charge in [0.2, 0.25) is 0 Å². The number of fused-ring (bicyclic) bond motifs is 1. The first-order chi connectivity index (χ1) is 10.0. The molecule has 0 aliphatic rings. The van der Waals surface area contributed by atoms with E-state index in [2.05, 4.69) is 10.3 Å². The Labute approximate surface area is 127 Å². The van der Waals surface area contributed by atoms with E-state index in [4.69, 9.17) is 16.3 Å². The van der Waals surface area contributed by atoms with E-state index in [0.29, 0.717) is 21.5 Å². The molecule has 1 amide bonds. The number of hydrogen-bond donors (Lipinski definition) is 1. The van der Waals surface area contributed by atoms with Crippen LogP contribution < -0.4 is 5.32 Å². The van der Waals surface area contributed by atoms with Crippen LogP contribution in [0, 0.1) is 0 Å². The quantitative estimate of drug-likeness (QED) is 0.696. The number of amides is 1. The summed E-state index contributed by atoms with van der Waals surface area (Å²) in [5.74, 6) is -0.868. The lowest BCUT2D eigenvalue weighted by atomic mass is 10.1. The first-order valence-corrected chi connectivity index (χ1v) is 6.93. The number of rotatable bonds is 4. The Hall–Kier alpha value is -2.14. The van der Waals surface area contributed by atoms with Crippen molar-refractivity contribution in [3.63, 3.8) is 0 Å². The molecule has 0 radical (unpaired) electrons. The molecule has 1 atom stereocenters. The van der Waals surface area contributed by atoms with E-state index in [1.54, 1.807) is 26.0 Å². The van der Waals surface area contributed by atoms with Crippen LogP contribution in [0.1, 0.15) is 24.2 Å². The molecule has 1 aromatic heterocycles. The highest BCUT2D eigenvalue weighted by Crippen LogP contribution is 2.24. The lowest BCUT2D eigenvalue weighted by Gasteiger charge is -2.13. The summed E-state index contributed by atoms with van der Waals surface area (Å²) in [5.41, 5.74) is 0.367. The molecule has 5 nitrogen and oxygen atoms in total. The van der Waals surface area contributed by atoms with Crippen LogP contribution in [0.15, 0.2) is 30.5 Å². The number of hydrogen-bond acceptors (Lipinski definition) is 4. The summed E-state index contributed by atoms with van der Waals surface area (Å²) in [7, 11) is 0. The highest BCUT2D eigenvalue weighted by Gasteiger charge is 2.19. The third-order valence-electron chi connectivity index (χ3n) is 2.98. The molecule has 0 aliphatic heterocycles. The minimum Gasteiger partial charge on any atom is -0.464 e. The van der Waals surface area contributed by atoms with Crippen LogP contribution in [0.2, 0.25) is 5.15 Å². The second kappa shape index (κ2) is 6.54. The zero-order valence-corrected chi connectivity index (χ0v) is 12.5. The van der Waals surface area contributed by atoms with Gasteiger partial charge in [0.25, 0.3) is 5.91 Å². The fourth-order valence-electron chi connectivity index (χ4n) is 1.94. The fourth-order valence-corrected chi connectivity index (χ4v) is 2.15. The second-order valence-corrected chi connectivity index (χ2v) is 4.81. The van der Waals surface area contributed by atoms with Gasteiger partial charge in [-0.25, -0.2) is 9.78 Å². The van der Waals surface area contributed by atoms with Crippen molar-refractivity contribution in [1.29, 1.82) is 0 Å². The molecule has 1 heterocycles. The van der Waals surface area contributed by atoms with E-state index in [0.717, 1.165) is 0 Å². The third-order valence-corrected chi connectivity index (χ3v) is 3.28. The van der Waals surface area contributed by atoms with Crippen LogP contribution in [-0.4, -0.2) is 29.5 Å².